The molecule has 0 amide bonds. The smallest absolute Gasteiger partial charge is 0.306 e. The zero-order valence-corrected chi connectivity index (χ0v) is 25.5. The minimum atomic E-state index is -1.17. The van der Waals surface area contributed by atoms with Crippen LogP contribution < -0.4 is 5.11 Å². The number of esters is 1. The van der Waals surface area contributed by atoms with Gasteiger partial charge in [-0.15, -0.1) is 0 Å². The standard InChI is InChI=1S/C32H63NO4/c1-6-7-8-9-10-11-12-15-18-21-24-29(2)25-22-19-16-13-14-17-20-23-26-32(36)37-30(27-31(34)35)28-33(3,4)5/h29-30H,6-28H2,1-5H3. The zero-order chi connectivity index (χ0) is 27.8. The molecular weight excluding hydrogens is 462 g/mol. The normalized spacial score (nSPS) is 13.4. The van der Waals surface area contributed by atoms with E-state index in [1.54, 1.807) is 0 Å². The summed E-state index contributed by atoms with van der Waals surface area (Å²) in [7, 11) is 5.86. The zero-order valence-electron chi connectivity index (χ0n) is 25.5. The van der Waals surface area contributed by atoms with Gasteiger partial charge in [0.25, 0.3) is 0 Å². The predicted molar refractivity (Wildman–Crippen MR) is 154 cm³/mol. The van der Waals surface area contributed by atoms with Crippen LogP contribution in [0, 0.1) is 5.92 Å². The van der Waals surface area contributed by atoms with E-state index in [-0.39, 0.29) is 12.4 Å². The number of carboxylic acids is 1. The lowest BCUT2D eigenvalue weighted by Crippen LogP contribution is -2.45. The summed E-state index contributed by atoms with van der Waals surface area (Å²) in [6.45, 7) is 5.19. The molecule has 0 N–H and O–H groups in total. The molecule has 0 heterocycles. The lowest BCUT2D eigenvalue weighted by atomic mass is 9.95. The SMILES string of the molecule is CCCCCCCCCCCCC(C)CCCCCCCCCCC(=O)OC(CC(=O)[O-])C[N+](C)(C)C. The first-order valence-corrected chi connectivity index (χ1v) is 15.8. The molecule has 0 saturated carbocycles. The maximum atomic E-state index is 12.1. The van der Waals surface area contributed by atoms with Crippen molar-refractivity contribution in [3.8, 4) is 0 Å². The number of nitrogens with zero attached hydrogens (tertiary/aromatic N) is 1. The number of quaternary nitrogens is 1. The molecule has 0 radical (unpaired) electrons. The molecule has 0 bridgehead atoms. The van der Waals surface area contributed by atoms with Crippen molar-refractivity contribution in [2.45, 2.75) is 161 Å². The maximum absolute atomic E-state index is 12.1. The number of carbonyl (C=O) groups is 2. The first kappa shape index (κ1) is 35.9. The molecule has 2 unspecified atom stereocenters. The van der Waals surface area contributed by atoms with Gasteiger partial charge in [0.15, 0.2) is 6.10 Å². The Hall–Kier alpha value is -1.10. The minimum absolute atomic E-state index is 0.237. The van der Waals surface area contributed by atoms with E-state index in [2.05, 4.69) is 13.8 Å². The van der Waals surface area contributed by atoms with Gasteiger partial charge in [0.1, 0.15) is 6.54 Å². The highest BCUT2D eigenvalue weighted by molar-refractivity contribution is 5.70. The van der Waals surface area contributed by atoms with Crippen molar-refractivity contribution in [1.82, 2.24) is 0 Å². The van der Waals surface area contributed by atoms with Crippen molar-refractivity contribution >= 4 is 11.9 Å². The molecule has 0 aliphatic rings. The molecule has 0 rings (SSSR count). The van der Waals surface area contributed by atoms with Crippen LogP contribution in [-0.2, 0) is 14.3 Å². The third-order valence-electron chi connectivity index (χ3n) is 7.32. The number of likely N-dealkylation sites (N-methyl/N-ethyl adjacent to an activating group) is 1. The van der Waals surface area contributed by atoms with Gasteiger partial charge in [-0.25, -0.2) is 0 Å². The molecule has 0 aliphatic carbocycles. The summed E-state index contributed by atoms with van der Waals surface area (Å²) in [6, 6.07) is 0. The van der Waals surface area contributed by atoms with E-state index in [4.69, 9.17) is 4.74 Å². The Labute approximate surface area is 230 Å². The lowest BCUT2D eigenvalue weighted by Gasteiger charge is -2.29. The Kier molecular flexibility index (Phi) is 23.3. The van der Waals surface area contributed by atoms with Gasteiger partial charge in [-0.2, -0.15) is 0 Å². The molecule has 0 spiro atoms. The Balaban J connectivity index is 3.53. The monoisotopic (exact) mass is 525 g/mol. The highest BCUT2D eigenvalue weighted by Crippen LogP contribution is 2.19. The number of hydrogen-bond donors (Lipinski definition) is 0. The number of rotatable bonds is 27. The molecule has 0 aromatic heterocycles. The Morgan fingerprint density at radius 1 is 0.676 bits per heavy atom. The number of ether oxygens (including phenoxy) is 1. The molecule has 0 saturated heterocycles. The molecule has 5 nitrogen and oxygen atoms in total. The van der Waals surface area contributed by atoms with E-state index >= 15 is 0 Å². The summed E-state index contributed by atoms with van der Waals surface area (Å²) in [6.07, 6.45) is 26.1. The fourth-order valence-corrected chi connectivity index (χ4v) is 5.13. The highest BCUT2D eigenvalue weighted by Gasteiger charge is 2.22. The quantitative estimate of drug-likeness (QED) is 0.0629. The van der Waals surface area contributed by atoms with Gasteiger partial charge >= 0.3 is 5.97 Å². The second-order valence-electron chi connectivity index (χ2n) is 12.6. The summed E-state index contributed by atoms with van der Waals surface area (Å²) < 4.78 is 5.96. The average Bonchev–Trinajstić information content (AvgIpc) is 2.79. The highest BCUT2D eigenvalue weighted by atomic mass is 16.5. The Morgan fingerprint density at radius 2 is 1.08 bits per heavy atom. The van der Waals surface area contributed by atoms with Crippen molar-refractivity contribution < 1.29 is 23.9 Å². The third kappa shape index (κ3) is 27.7. The van der Waals surface area contributed by atoms with Crippen molar-refractivity contribution in [1.29, 1.82) is 0 Å². The van der Waals surface area contributed by atoms with E-state index in [1.807, 2.05) is 21.1 Å². The fraction of sp³-hybridized carbons (Fsp3) is 0.938. The van der Waals surface area contributed by atoms with Crippen LogP contribution >= 0.6 is 0 Å². The summed E-state index contributed by atoms with van der Waals surface area (Å²) >= 11 is 0. The van der Waals surface area contributed by atoms with E-state index in [9.17, 15) is 14.7 Å². The molecule has 37 heavy (non-hydrogen) atoms. The van der Waals surface area contributed by atoms with E-state index in [0.29, 0.717) is 17.4 Å². The number of carboxylic acid groups (broad SMARTS) is 1. The molecular formula is C32H63NO4. The van der Waals surface area contributed by atoms with Gasteiger partial charge < -0.3 is 19.1 Å². The first-order valence-electron chi connectivity index (χ1n) is 15.8. The largest absolute Gasteiger partial charge is 0.550 e. The Bertz CT molecular complexity index is 543. The molecule has 2 atom stereocenters. The molecule has 0 aromatic carbocycles. The van der Waals surface area contributed by atoms with Crippen LogP contribution in [0.5, 0.6) is 0 Å². The van der Waals surface area contributed by atoms with Crippen LogP contribution in [0.4, 0.5) is 0 Å². The predicted octanol–water partition coefficient (Wildman–Crippen LogP) is 7.59. The van der Waals surface area contributed by atoms with Gasteiger partial charge in [0.05, 0.1) is 21.1 Å². The molecule has 0 aromatic rings. The van der Waals surface area contributed by atoms with Crippen molar-refractivity contribution in [3.05, 3.63) is 0 Å². The van der Waals surface area contributed by atoms with Gasteiger partial charge in [-0.05, 0) is 12.3 Å². The molecule has 0 fully saturated rings. The van der Waals surface area contributed by atoms with Gasteiger partial charge in [0, 0.05) is 18.8 Å². The molecule has 5 heteroatoms. The van der Waals surface area contributed by atoms with Crippen LogP contribution in [0.2, 0.25) is 0 Å². The molecule has 0 aliphatic heterocycles. The first-order chi connectivity index (χ1) is 17.6. The van der Waals surface area contributed by atoms with Crippen molar-refractivity contribution in [2.24, 2.45) is 5.92 Å². The number of carbonyl (C=O) groups excluding carboxylic acids is 2. The number of aliphatic carboxylic acids is 1. The number of hydrogen-bond acceptors (Lipinski definition) is 4. The van der Waals surface area contributed by atoms with E-state index in [1.165, 1.54) is 109 Å². The lowest BCUT2D eigenvalue weighted by molar-refractivity contribution is -0.873. The second kappa shape index (κ2) is 24.0. The summed E-state index contributed by atoms with van der Waals surface area (Å²) in [5.74, 6) is -0.580. The van der Waals surface area contributed by atoms with Crippen molar-refractivity contribution in [3.63, 3.8) is 0 Å². The second-order valence-corrected chi connectivity index (χ2v) is 12.6. The van der Waals surface area contributed by atoms with Gasteiger partial charge in [-0.3, -0.25) is 4.79 Å². The summed E-state index contributed by atoms with van der Waals surface area (Å²) in [4.78, 5) is 23.0. The van der Waals surface area contributed by atoms with Gasteiger partial charge in [0.2, 0.25) is 0 Å². The maximum Gasteiger partial charge on any atom is 0.306 e. The fourth-order valence-electron chi connectivity index (χ4n) is 5.13. The van der Waals surface area contributed by atoms with Crippen molar-refractivity contribution in [2.75, 3.05) is 27.7 Å². The van der Waals surface area contributed by atoms with Crippen LogP contribution in [0.3, 0.4) is 0 Å². The summed E-state index contributed by atoms with van der Waals surface area (Å²) in [5.41, 5.74) is 0. The van der Waals surface area contributed by atoms with E-state index in [0.717, 1.165) is 25.2 Å². The van der Waals surface area contributed by atoms with E-state index < -0.39 is 12.1 Å². The topological polar surface area (TPSA) is 66.4 Å². The van der Waals surface area contributed by atoms with Gasteiger partial charge in [-0.1, -0.05) is 136 Å². The average molecular weight is 526 g/mol. The Morgan fingerprint density at radius 3 is 1.49 bits per heavy atom. The number of unbranched alkanes of at least 4 members (excludes halogenated alkanes) is 16. The summed E-state index contributed by atoms with van der Waals surface area (Å²) in [5, 5.41) is 10.9. The van der Waals surface area contributed by atoms with Crippen LogP contribution in [0.25, 0.3) is 0 Å². The van der Waals surface area contributed by atoms with Crippen LogP contribution in [0.15, 0.2) is 0 Å². The van der Waals surface area contributed by atoms with Crippen LogP contribution in [0.1, 0.15) is 155 Å². The third-order valence-corrected chi connectivity index (χ3v) is 7.32. The minimum Gasteiger partial charge on any atom is -0.550 e. The van der Waals surface area contributed by atoms with Crippen LogP contribution in [-0.4, -0.2) is 50.2 Å². The molecule has 220 valence electrons.